The third-order valence-electron chi connectivity index (χ3n) is 2.19. The molecule has 0 aliphatic rings. The minimum atomic E-state index is -2.88. The average molecular weight is 227 g/mol. The third kappa shape index (κ3) is 4.34. The first-order valence-electron chi connectivity index (χ1n) is 5.02. The van der Waals surface area contributed by atoms with Gasteiger partial charge in [-0.25, -0.2) is 8.42 Å². The van der Waals surface area contributed by atoms with Crippen LogP contribution in [0.5, 0.6) is 0 Å². The first kappa shape index (κ1) is 12.0. The van der Waals surface area contributed by atoms with Gasteiger partial charge in [-0.2, -0.15) is 0 Å². The quantitative estimate of drug-likeness (QED) is 0.833. The molecule has 0 aliphatic carbocycles. The van der Waals surface area contributed by atoms with Gasteiger partial charge in [0.15, 0.2) is 0 Å². The SMILES string of the molecule is CCc1ccccc1NCCS(C)(=O)=O. The van der Waals surface area contributed by atoms with E-state index < -0.39 is 9.84 Å². The molecule has 0 saturated carbocycles. The number of benzene rings is 1. The summed E-state index contributed by atoms with van der Waals surface area (Å²) in [6.45, 7) is 2.55. The molecule has 15 heavy (non-hydrogen) atoms. The van der Waals surface area contributed by atoms with Crippen LogP contribution in [0.25, 0.3) is 0 Å². The summed E-state index contributed by atoms with van der Waals surface area (Å²) >= 11 is 0. The third-order valence-corrected chi connectivity index (χ3v) is 3.13. The lowest BCUT2D eigenvalue weighted by Gasteiger charge is -2.09. The smallest absolute Gasteiger partial charge is 0.149 e. The van der Waals surface area contributed by atoms with Crippen molar-refractivity contribution in [2.45, 2.75) is 13.3 Å². The van der Waals surface area contributed by atoms with Crippen molar-refractivity contribution in [2.24, 2.45) is 0 Å². The maximum Gasteiger partial charge on any atom is 0.149 e. The fourth-order valence-electron chi connectivity index (χ4n) is 1.37. The van der Waals surface area contributed by atoms with Gasteiger partial charge in [0.25, 0.3) is 0 Å². The molecule has 0 heterocycles. The van der Waals surface area contributed by atoms with Crippen molar-refractivity contribution in [2.75, 3.05) is 23.9 Å². The molecular weight excluding hydrogens is 210 g/mol. The molecule has 0 atom stereocenters. The van der Waals surface area contributed by atoms with Crippen molar-refractivity contribution in [3.63, 3.8) is 0 Å². The summed E-state index contributed by atoms with van der Waals surface area (Å²) in [5, 5.41) is 3.14. The lowest BCUT2D eigenvalue weighted by Crippen LogP contribution is -2.14. The van der Waals surface area contributed by atoms with Gasteiger partial charge in [0.2, 0.25) is 0 Å². The summed E-state index contributed by atoms with van der Waals surface area (Å²) < 4.78 is 21.9. The Hall–Kier alpha value is -1.03. The van der Waals surface area contributed by atoms with Crippen LogP contribution in [0.3, 0.4) is 0 Å². The van der Waals surface area contributed by atoms with Gasteiger partial charge in [0.05, 0.1) is 5.75 Å². The normalized spacial score (nSPS) is 11.3. The zero-order valence-corrected chi connectivity index (χ0v) is 9.97. The molecule has 0 aliphatic heterocycles. The van der Waals surface area contributed by atoms with Crippen LogP contribution in [-0.4, -0.2) is 27.0 Å². The average Bonchev–Trinajstić information content (AvgIpc) is 2.16. The Morgan fingerprint density at radius 1 is 1.27 bits per heavy atom. The second-order valence-electron chi connectivity index (χ2n) is 3.57. The number of para-hydroxylation sites is 1. The molecule has 0 spiro atoms. The number of sulfone groups is 1. The molecule has 0 aromatic heterocycles. The molecule has 3 nitrogen and oxygen atoms in total. The number of hydrogen-bond donors (Lipinski definition) is 1. The van der Waals surface area contributed by atoms with Crippen molar-refractivity contribution in [1.82, 2.24) is 0 Å². The van der Waals surface area contributed by atoms with E-state index in [1.165, 1.54) is 11.8 Å². The molecule has 0 saturated heterocycles. The van der Waals surface area contributed by atoms with Crippen LogP contribution in [0.2, 0.25) is 0 Å². The summed E-state index contributed by atoms with van der Waals surface area (Å²) in [7, 11) is -2.88. The molecule has 0 bridgehead atoms. The Balaban J connectivity index is 2.58. The van der Waals surface area contributed by atoms with Crippen molar-refractivity contribution in [1.29, 1.82) is 0 Å². The van der Waals surface area contributed by atoms with Gasteiger partial charge in [0, 0.05) is 18.5 Å². The number of rotatable bonds is 5. The zero-order valence-electron chi connectivity index (χ0n) is 9.16. The van der Waals surface area contributed by atoms with E-state index in [9.17, 15) is 8.42 Å². The topological polar surface area (TPSA) is 46.2 Å². The highest BCUT2D eigenvalue weighted by molar-refractivity contribution is 7.90. The van der Waals surface area contributed by atoms with E-state index in [1.54, 1.807) is 0 Å². The van der Waals surface area contributed by atoms with E-state index >= 15 is 0 Å². The maximum absolute atomic E-state index is 10.9. The van der Waals surface area contributed by atoms with E-state index in [1.807, 2.05) is 24.3 Å². The second kappa shape index (κ2) is 5.16. The van der Waals surface area contributed by atoms with Crippen molar-refractivity contribution >= 4 is 15.5 Å². The molecule has 0 unspecified atom stereocenters. The van der Waals surface area contributed by atoms with Crippen LogP contribution in [-0.2, 0) is 16.3 Å². The first-order chi connectivity index (χ1) is 7.03. The lowest BCUT2D eigenvalue weighted by atomic mass is 10.1. The number of hydrogen-bond acceptors (Lipinski definition) is 3. The fourth-order valence-corrected chi connectivity index (χ4v) is 1.85. The largest absolute Gasteiger partial charge is 0.384 e. The molecule has 0 fully saturated rings. The van der Waals surface area contributed by atoms with Crippen molar-refractivity contribution in [3.8, 4) is 0 Å². The van der Waals surface area contributed by atoms with Crippen LogP contribution in [0.4, 0.5) is 5.69 Å². The highest BCUT2D eigenvalue weighted by Crippen LogP contribution is 2.14. The monoisotopic (exact) mass is 227 g/mol. The summed E-state index contributed by atoms with van der Waals surface area (Å²) in [5.41, 5.74) is 2.25. The van der Waals surface area contributed by atoms with E-state index in [2.05, 4.69) is 12.2 Å². The highest BCUT2D eigenvalue weighted by Gasteiger charge is 2.02. The molecule has 1 N–H and O–H groups in total. The molecule has 1 aromatic carbocycles. The molecular formula is C11H17NO2S. The van der Waals surface area contributed by atoms with Crippen molar-refractivity contribution < 1.29 is 8.42 Å². The van der Waals surface area contributed by atoms with E-state index in [0.717, 1.165) is 12.1 Å². The van der Waals surface area contributed by atoms with Crippen LogP contribution in [0.1, 0.15) is 12.5 Å². The minimum Gasteiger partial charge on any atom is -0.384 e. The van der Waals surface area contributed by atoms with Gasteiger partial charge in [-0.15, -0.1) is 0 Å². The number of nitrogens with one attached hydrogen (secondary N) is 1. The fraction of sp³-hybridized carbons (Fsp3) is 0.455. The van der Waals surface area contributed by atoms with Gasteiger partial charge in [-0.1, -0.05) is 25.1 Å². The molecule has 1 rings (SSSR count). The van der Waals surface area contributed by atoms with E-state index in [-0.39, 0.29) is 5.75 Å². The first-order valence-corrected chi connectivity index (χ1v) is 7.08. The molecule has 0 amide bonds. The van der Waals surface area contributed by atoms with Crippen LogP contribution in [0, 0.1) is 0 Å². The summed E-state index contributed by atoms with van der Waals surface area (Å²) in [6, 6.07) is 7.95. The second-order valence-corrected chi connectivity index (χ2v) is 5.83. The lowest BCUT2D eigenvalue weighted by molar-refractivity contribution is 0.602. The molecule has 84 valence electrons. The Bertz CT molecular complexity index is 412. The van der Waals surface area contributed by atoms with Gasteiger partial charge < -0.3 is 5.32 Å². The Kier molecular flexibility index (Phi) is 4.15. The zero-order chi connectivity index (χ0) is 11.3. The molecule has 4 heteroatoms. The van der Waals surface area contributed by atoms with Crippen LogP contribution >= 0.6 is 0 Å². The minimum absolute atomic E-state index is 0.172. The van der Waals surface area contributed by atoms with Crippen LogP contribution in [0.15, 0.2) is 24.3 Å². The van der Waals surface area contributed by atoms with Gasteiger partial charge in [0.1, 0.15) is 9.84 Å². The van der Waals surface area contributed by atoms with Gasteiger partial charge >= 0.3 is 0 Å². The predicted octanol–water partition coefficient (Wildman–Crippen LogP) is 1.71. The molecule has 0 radical (unpaired) electrons. The van der Waals surface area contributed by atoms with Crippen molar-refractivity contribution in [3.05, 3.63) is 29.8 Å². The number of anilines is 1. The Morgan fingerprint density at radius 2 is 1.93 bits per heavy atom. The Morgan fingerprint density at radius 3 is 2.53 bits per heavy atom. The molecule has 1 aromatic rings. The summed E-state index contributed by atoms with van der Waals surface area (Å²) in [5.74, 6) is 0.172. The summed E-state index contributed by atoms with van der Waals surface area (Å²) in [4.78, 5) is 0. The van der Waals surface area contributed by atoms with Gasteiger partial charge in [-0.05, 0) is 18.1 Å². The van der Waals surface area contributed by atoms with Crippen LogP contribution < -0.4 is 5.32 Å². The predicted molar refractivity (Wildman–Crippen MR) is 64.0 cm³/mol. The van der Waals surface area contributed by atoms with E-state index in [0.29, 0.717) is 6.54 Å². The Labute approximate surface area is 91.4 Å². The van der Waals surface area contributed by atoms with Gasteiger partial charge in [-0.3, -0.25) is 0 Å². The van der Waals surface area contributed by atoms with E-state index in [4.69, 9.17) is 0 Å². The standard InChI is InChI=1S/C11H17NO2S/c1-3-10-6-4-5-7-11(10)12-8-9-15(2,13)14/h4-7,12H,3,8-9H2,1-2H3. The maximum atomic E-state index is 10.9. The highest BCUT2D eigenvalue weighted by atomic mass is 32.2. The number of aryl methyl sites for hydroxylation is 1. The summed E-state index contributed by atoms with van der Waals surface area (Å²) in [6.07, 6.45) is 2.20.